The predicted octanol–water partition coefficient (Wildman–Crippen LogP) is 3.60. The van der Waals surface area contributed by atoms with E-state index in [1.807, 2.05) is 37.3 Å². The van der Waals surface area contributed by atoms with Crippen molar-refractivity contribution in [1.29, 1.82) is 0 Å². The number of carbonyl (C=O) groups is 1. The van der Waals surface area contributed by atoms with Gasteiger partial charge < -0.3 is 9.47 Å². The average Bonchev–Trinajstić information content (AvgIpc) is 2.44. The number of benzene rings is 1. The summed E-state index contributed by atoms with van der Waals surface area (Å²) in [6.45, 7) is 8.35. The quantitative estimate of drug-likeness (QED) is 0.408. The third-order valence-electron chi connectivity index (χ3n) is 3.04. The van der Waals surface area contributed by atoms with Gasteiger partial charge in [-0.15, -0.1) is 6.58 Å². The molecular formula is C16H22O3. The number of esters is 1. The van der Waals surface area contributed by atoms with E-state index in [9.17, 15) is 4.79 Å². The molecule has 0 aliphatic heterocycles. The van der Waals surface area contributed by atoms with Crippen LogP contribution in [0.3, 0.4) is 0 Å². The lowest BCUT2D eigenvalue weighted by Crippen LogP contribution is -2.28. The van der Waals surface area contributed by atoms with Crippen molar-refractivity contribution in [3.63, 3.8) is 0 Å². The molecule has 0 saturated heterocycles. The van der Waals surface area contributed by atoms with Gasteiger partial charge >= 0.3 is 5.97 Å². The number of rotatable bonds is 8. The fourth-order valence-electron chi connectivity index (χ4n) is 1.73. The zero-order valence-corrected chi connectivity index (χ0v) is 11.7. The number of carbonyl (C=O) groups excluding carboxylic acids is 1. The molecule has 0 bridgehead atoms. The third kappa shape index (κ3) is 4.78. The van der Waals surface area contributed by atoms with Gasteiger partial charge in [0.05, 0.1) is 18.6 Å². The van der Waals surface area contributed by atoms with Crippen molar-refractivity contribution in [3.8, 4) is 5.75 Å². The van der Waals surface area contributed by atoms with Crippen LogP contribution in [-0.2, 0) is 9.53 Å². The van der Waals surface area contributed by atoms with Gasteiger partial charge in [0.15, 0.2) is 0 Å². The van der Waals surface area contributed by atoms with Gasteiger partial charge in [-0.3, -0.25) is 4.79 Å². The second-order valence-corrected chi connectivity index (χ2v) is 4.61. The average molecular weight is 262 g/mol. The molecule has 0 N–H and O–H groups in total. The Hall–Kier alpha value is -1.77. The van der Waals surface area contributed by atoms with Crippen molar-refractivity contribution in [1.82, 2.24) is 0 Å². The van der Waals surface area contributed by atoms with E-state index in [0.717, 1.165) is 12.2 Å². The number of ether oxygens (including phenoxy) is 2. The molecular weight excluding hydrogens is 240 g/mol. The summed E-state index contributed by atoms with van der Waals surface area (Å²) in [4.78, 5) is 11.8. The van der Waals surface area contributed by atoms with Crippen molar-refractivity contribution in [3.05, 3.63) is 43.0 Å². The van der Waals surface area contributed by atoms with Crippen LogP contribution in [-0.4, -0.2) is 19.2 Å². The van der Waals surface area contributed by atoms with Gasteiger partial charge in [-0.1, -0.05) is 24.3 Å². The van der Waals surface area contributed by atoms with Crippen molar-refractivity contribution < 1.29 is 14.3 Å². The SMILES string of the molecule is C=CC(C)(CCCOc1ccccc1)C(=O)OCC. The maximum atomic E-state index is 11.8. The highest BCUT2D eigenvalue weighted by Crippen LogP contribution is 2.26. The Morgan fingerprint density at radius 1 is 1.37 bits per heavy atom. The van der Waals surface area contributed by atoms with E-state index in [0.29, 0.717) is 19.6 Å². The van der Waals surface area contributed by atoms with Gasteiger partial charge in [0.1, 0.15) is 5.75 Å². The lowest BCUT2D eigenvalue weighted by molar-refractivity contribution is -0.152. The van der Waals surface area contributed by atoms with Gasteiger partial charge in [-0.25, -0.2) is 0 Å². The molecule has 0 amide bonds. The highest BCUT2D eigenvalue weighted by atomic mass is 16.5. The third-order valence-corrected chi connectivity index (χ3v) is 3.04. The summed E-state index contributed by atoms with van der Waals surface area (Å²) in [6.07, 6.45) is 3.10. The second kappa shape index (κ2) is 7.62. The van der Waals surface area contributed by atoms with Crippen molar-refractivity contribution in [2.24, 2.45) is 5.41 Å². The molecule has 0 aliphatic rings. The zero-order valence-electron chi connectivity index (χ0n) is 11.7. The summed E-state index contributed by atoms with van der Waals surface area (Å²) in [5.41, 5.74) is -0.629. The number of hydrogen-bond donors (Lipinski definition) is 0. The van der Waals surface area contributed by atoms with Crippen LogP contribution >= 0.6 is 0 Å². The molecule has 1 aromatic carbocycles. The molecule has 0 saturated carbocycles. The molecule has 3 nitrogen and oxygen atoms in total. The first kappa shape index (κ1) is 15.3. The molecule has 19 heavy (non-hydrogen) atoms. The maximum absolute atomic E-state index is 11.8. The van der Waals surface area contributed by atoms with E-state index in [2.05, 4.69) is 6.58 Å². The molecule has 1 rings (SSSR count). The Kier molecular flexibility index (Phi) is 6.13. The fourth-order valence-corrected chi connectivity index (χ4v) is 1.73. The second-order valence-electron chi connectivity index (χ2n) is 4.61. The maximum Gasteiger partial charge on any atom is 0.315 e. The van der Waals surface area contributed by atoms with Gasteiger partial charge in [0.25, 0.3) is 0 Å². The monoisotopic (exact) mass is 262 g/mol. The summed E-state index contributed by atoms with van der Waals surface area (Å²) in [5, 5.41) is 0. The van der Waals surface area contributed by atoms with Crippen LogP contribution in [0, 0.1) is 5.41 Å². The van der Waals surface area contributed by atoms with Gasteiger partial charge in [-0.2, -0.15) is 0 Å². The van der Waals surface area contributed by atoms with Crippen LogP contribution in [0.1, 0.15) is 26.7 Å². The van der Waals surface area contributed by atoms with Crippen LogP contribution in [0.5, 0.6) is 5.75 Å². The lowest BCUT2D eigenvalue weighted by atomic mass is 9.86. The van der Waals surface area contributed by atoms with E-state index in [1.54, 1.807) is 13.0 Å². The zero-order chi connectivity index (χ0) is 14.1. The van der Waals surface area contributed by atoms with E-state index in [1.165, 1.54) is 0 Å². The van der Waals surface area contributed by atoms with E-state index in [-0.39, 0.29) is 5.97 Å². The summed E-state index contributed by atoms with van der Waals surface area (Å²) in [6, 6.07) is 9.64. The lowest BCUT2D eigenvalue weighted by Gasteiger charge is -2.23. The van der Waals surface area contributed by atoms with Crippen molar-refractivity contribution in [2.45, 2.75) is 26.7 Å². The van der Waals surface area contributed by atoms with Crippen molar-refractivity contribution >= 4 is 5.97 Å². The van der Waals surface area contributed by atoms with Crippen LogP contribution in [0.25, 0.3) is 0 Å². The summed E-state index contributed by atoms with van der Waals surface area (Å²) < 4.78 is 10.7. The Labute approximate surface area is 115 Å². The molecule has 1 aromatic rings. The first-order valence-corrected chi connectivity index (χ1v) is 6.61. The van der Waals surface area contributed by atoms with Crippen LogP contribution in [0.2, 0.25) is 0 Å². The molecule has 0 spiro atoms. The van der Waals surface area contributed by atoms with Gasteiger partial charge in [0.2, 0.25) is 0 Å². The van der Waals surface area contributed by atoms with Crippen LogP contribution in [0.15, 0.2) is 43.0 Å². The van der Waals surface area contributed by atoms with Crippen LogP contribution < -0.4 is 4.74 Å². The molecule has 104 valence electrons. The number of hydrogen-bond acceptors (Lipinski definition) is 3. The normalized spacial score (nSPS) is 13.4. The topological polar surface area (TPSA) is 35.5 Å². The van der Waals surface area contributed by atoms with Crippen molar-refractivity contribution in [2.75, 3.05) is 13.2 Å². The molecule has 3 heteroatoms. The minimum absolute atomic E-state index is 0.218. The molecule has 0 aliphatic carbocycles. The fraction of sp³-hybridized carbons (Fsp3) is 0.438. The predicted molar refractivity (Wildman–Crippen MR) is 76.1 cm³/mol. The molecule has 0 radical (unpaired) electrons. The smallest absolute Gasteiger partial charge is 0.315 e. The molecule has 0 aromatic heterocycles. The van der Waals surface area contributed by atoms with E-state index in [4.69, 9.17) is 9.47 Å². The summed E-state index contributed by atoms with van der Waals surface area (Å²) >= 11 is 0. The summed E-state index contributed by atoms with van der Waals surface area (Å²) in [5.74, 6) is 0.628. The largest absolute Gasteiger partial charge is 0.494 e. The van der Waals surface area contributed by atoms with Gasteiger partial charge in [0, 0.05) is 0 Å². The van der Waals surface area contributed by atoms with E-state index >= 15 is 0 Å². The Morgan fingerprint density at radius 3 is 2.63 bits per heavy atom. The first-order chi connectivity index (χ1) is 9.12. The minimum Gasteiger partial charge on any atom is -0.494 e. The van der Waals surface area contributed by atoms with E-state index < -0.39 is 5.41 Å². The standard InChI is InChI=1S/C16H22O3/c1-4-16(3,15(17)18-5-2)12-9-13-19-14-10-7-6-8-11-14/h4,6-8,10-11H,1,5,9,12-13H2,2-3H3. The Bertz CT molecular complexity index is 400. The van der Waals surface area contributed by atoms with Crippen LogP contribution in [0.4, 0.5) is 0 Å². The number of para-hydroxylation sites is 1. The molecule has 0 heterocycles. The van der Waals surface area contributed by atoms with Gasteiger partial charge in [-0.05, 0) is 38.8 Å². The molecule has 0 fully saturated rings. The highest BCUT2D eigenvalue weighted by Gasteiger charge is 2.30. The summed E-state index contributed by atoms with van der Waals surface area (Å²) in [7, 11) is 0. The Balaban J connectivity index is 2.37. The highest BCUT2D eigenvalue weighted by molar-refractivity contribution is 5.78. The Morgan fingerprint density at radius 2 is 2.05 bits per heavy atom. The molecule has 1 unspecified atom stereocenters. The molecule has 1 atom stereocenters. The first-order valence-electron chi connectivity index (χ1n) is 6.61. The minimum atomic E-state index is -0.629.